The van der Waals surface area contributed by atoms with Crippen LogP contribution in [0.4, 0.5) is 5.69 Å². The molecule has 0 bridgehead atoms. The number of amides is 5. The Balaban J connectivity index is 1.30. The van der Waals surface area contributed by atoms with Crippen molar-refractivity contribution in [2.45, 2.75) is 52.0 Å². The van der Waals surface area contributed by atoms with Crippen LogP contribution >= 0.6 is 0 Å². The average molecular weight is 667 g/mol. The Labute approximate surface area is 281 Å². The third-order valence-corrected chi connectivity index (χ3v) is 8.41. The number of imide groups is 2. The predicted molar refractivity (Wildman–Crippen MR) is 175 cm³/mol. The Morgan fingerprint density at radius 3 is 2.41 bits per heavy atom. The number of nitrogens with zero attached hydrogens (tertiary/aromatic N) is 4. The van der Waals surface area contributed by atoms with E-state index < -0.39 is 35.6 Å². The first-order chi connectivity index (χ1) is 23.3. The van der Waals surface area contributed by atoms with Crippen LogP contribution < -0.4 is 24.8 Å². The van der Waals surface area contributed by atoms with Crippen LogP contribution in [0.1, 0.15) is 76.1 Å². The molecule has 252 valence electrons. The molecular weight excluding hydrogens is 632 g/mol. The number of anilines is 1. The number of benzene rings is 3. The van der Waals surface area contributed by atoms with E-state index in [0.717, 1.165) is 10.5 Å². The van der Waals surface area contributed by atoms with Crippen LogP contribution in [0.3, 0.4) is 0 Å². The number of hydrogen-bond acceptors (Lipinski definition) is 10. The zero-order valence-electron chi connectivity index (χ0n) is 27.7. The Morgan fingerprint density at radius 1 is 0.939 bits per heavy atom. The van der Waals surface area contributed by atoms with Gasteiger partial charge in [0.15, 0.2) is 5.69 Å². The van der Waals surface area contributed by atoms with Crippen molar-refractivity contribution in [1.82, 2.24) is 25.2 Å². The Hall–Kier alpha value is -6.05. The second-order valence-electron chi connectivity index (χ2n) is 12.7. The molecule has 14 heteroatoms. The van der Waals surface area contributed by atoms with Crippen LogP contribution in [0.5, 0.6) is 23.0 Å². The van der Waals surface area contributed by atoms with Crippen molar-refractivity contribution in [1.29, 1.82) is 0 Å². The van der Waals surface area contributed by atoms with Crippen molar-refractivity contribution in [3.63, 3.8) is 0 Å². The lowest BCUT2D eigenvalue weighted by Gasteiger charge is -2.27. The highest BCUT2D eigenvalue weighted by Gasteiger charge is 2.46. The minimum absolute atomic E-state index is 0.00385. The number of hydrogen-bond donors (Lipinski definition) is 2. The fourth-order valence-electron chi connectivity index (χ4n) is 5.78. The van der Waals surface area contributed by atoms with Gasteiger partial charge in [-0.25, -0.2) is 4.68 Å². The average Bonchev–Trinajstić information content (AvgIpc) is 3.57. The molecule has 4 aromatic rings. The van der Waals surface area contributed by atoms with E-state index >= 15 is 0 Å². The minimum Gasteiger partial charge on any atom is -0.497 e. The lowest BCUT2D eigenvalue weighted by atomic mass is 9.86. The van der Waals surface area contributed by atoms with Gasteiger partial charge in [0.1, 0.15) is 34.7 Å². The summed E-state index contributed by atoms with van der Waals surface area (Å²) in [4.78, 5) is 65.7. The summed E-state index contributed by atoms with van der Waals surface area (Å²) in [5.41, 5.74) is 1.97. The molecule has 49 heavy (non-hydrogen) atoms. The lowest BCUT2D eigenvalue weighted by Crippen LogP contribution is -2.54. The number of carbonyl (C=O) groups is 5. The molecule has 2 N–H and O–H groups in total. The molecule has 0 saturated carbocycles. The molecule has 1 aromatic heterocycles. The van der Waals surface area contributed by atoms with Crippen molar-refractivity contribution >= 4 is 35.2 Å². The zero-order chi connectivity index (χ0) is 35.2. The van der Waals surface area contributed by atoms with Crippen molar-refractivity contribution in [3.05, 3.63) is 82.7 Å². The molecule has 1 saturated heterocycles. The lowest BCUT2D eigenvalue weighted by molar-refractivity contribution is -0.136. The highest BCUT2D eigenvalue weighted by atomic mass is 16.5. The van der Waals surface area contributed by atoms with Crippen LogP contribution in [0, 0.1) is 6.92 Å². The number of piperidine rings is 1. The molecule has 14 nitrogen and oxygen atoms in total. The van der Waals surface area contributed by atoms with Gasteiger partial charge in [0, 0.05) is 24.2 Å². The van der Waals surface area contributed by atoms with E-state index in [1.165, 1.54) is 17.9 Å². The third kappa shape index (κ3) is 6.08. The van der Waals surface area contributed by atoms with E-state index in [4.69, 9.17) is 14.2 Å². The van der Waals surface area contributed by atoms with Crippen molar-refractivity contribution in [3.8, 4) is 28.7 Å². The van der Waals surface area contributed by atoms with Crippen LogP contribution in [0.2, 0.25) is 0 Å². The number of fused-ring (bicyclic) bond motifs is 1. The fraction of sp³-hybridized carbons (Fsp3) is 0.286. The fourth-order valence-corrected chi connectivity index (χ4v) is 5.78. The van der Waals surface area contributed by atoms with E-state index in [-0.39, 0.29) is 46.6 Å². The molecule has 5 amide bonds. The van der Waals surface area contributed by atoms with Crippen LogP contribution in [-0.4, -0.2) is 69.7 Å². The first-order valence-electron chi connectivity index (χ1n) is 15.4. The number of ether oxygens (including phenoxy) is 3. The van der Waals surface area contributed by atoms with E-state index in [1.807, 2.05) is 26.8 Å². The molecule has 1 atom stereocenters. The minimum atomic E-state index is -1.12. The number of nitrogens with one attached hydrogen (secondary N) is 2. The summed E-state index contributed by atoms with van der Waals surface area (Å²) >= 11 is 0. The quantitative estimate of drug-likeness (QED) is 0.258. The summed E-state index contributed by atoms with van der Waals surface area (Å²) in [6.07, 6.45) is 0.0373. The van der Waals surface area contributed by atoms with Crippen LogP contribution in [-0.2, 0) is 15.0 Å². The van der Waals surface area contributed by atoms with Gasteiger partial charge in [0.2, 0.25) is 11.8 Å². The van der Waals surface area contributed by atoms with Gasteiger partial charge in [-0.2, -0.15) is 0 Å². The van der Waals surface area contributed by atoms with Gasteiger partial charge in [-0.1, -0.05) is 32.1 Å². The Morgan fingerprint density at radius 2 is 1.71 bits per heavy atom. The maximum atomic E-state index is 13.6. The topological polar surface area (TPSA) is 171 Å². The summed E-state index contributed by atoms with van der Waals surface area (Å²) in [7, 11) is 3.07. The Kier molecular flexibility index (Phi) is 8.40. The van der Waals surface area contributed by atoms with Gasteiger partial charge < -0.3 is 19.5 Å². The Bertz CT molecular complexity index is 2050. The monoisotopic (exact) mass is 666 g/mol. The molecule has 1 fully saturated rings. The van der Waals surface area contributed by atoms with Crippen molar-refractivity contribution < 1.29 is 38.2 Å². The van der Waals surface area contributed by atoms with Crippen molar-refractivity contribution in [2.24, 2.45) is 0 Å². The molecule has 3 aromatic carbocycles. The standard InChI is InChI=1S/C35H34N6O8/c1-18-30(38-39-41(18)25-17-21(47-5)10-12-26(25)48-6)32(44)36-20-14-19(35(2,3)4)15-22(16-20)49-27-9-7-8-23-29(27)34(46)40(33(23)45)24-11-13-28(42)37-31(24)43/h7-10,12,14-17,24H,11,13H2,1-6H3,(H,36,44)(H,37,42,43). The van der Waals surface area contributed by atoms with Gasteiger partial charge in [-0.05, 0) is 60.7 Å². The van der Waals surface area contributed by atoms with E-state index in [9.17, 15) is 24.0 Å². The normalized spacial score (nSPS) is 16.0. The number of methoxy groups -OCH3 is 2. The first-order valence-corrected chi connectivity index (χ1v) is 15.4. The van der Waals surface area contributed by atoms with E-state index in [0.29, 0.717) is 28.6 Å². The number of carbonyl (C=O) groups excluding carboxylic acids is 5. The summed E-state index contributed by atoms with van der Waals surface area (Å²) in [6, 6.07) is 13.9. The predicted octanol–water partition coefficient (Wildman–Crippen LogP) is 4.34. The van der Waals surface area contributed by atoms with E-state index in [2.05, 4.69) is 20.9 Å². The maximum absolute atomic E-state index is 13.6. The maximum Gasteiger partial charge on any atom is 0.278 e. The van der Waals surface area contributed by atoms with Gasteiger partial charge in [-0.3, -0.25) is 34.2 Å². The summed E-state index contributed by atoms with van der Waals surface area (Å²) in [6.45, 7) is 7.69. The molecule has 3 heterocycles. The third-order valence-electron chi connectivity index (χ3n) is 8.41. The molecule has 2 aliphatic rings. The molecular formula is C35H34N6O8. The second-order valence-corrected chi connectivity index (χ2v) is 12.7. The molecule has 6 rings (SSSR count). The highest BCUT2D eigenvalue weighted by molar-refractivity contribution is 6.24. The molecule has 0 aliphatic carbocycles. The van der Waals surface area contributed by atoms with Gasteiger partial charge in [0.05, 0.1) is 31.0 Å². The van der Waals surface area contributed by atoms with Crippen LogP contribution in [0.15, 0.2) is 54.6 Å². The molecule has 0 spiro atoms. The second kappa shape index (κ2) is 12.5. The number of aromatic nitrogens is 3. The summed E-state index contributed by atoms with van der Waals surface area (Å²) in [5.74, 6) is -1.57. The first kappa shape index (κ1) is 32.9. The van der Waals surface area contributed by atoms with Gasteiger partial charge in [-0.15, -0.1) is 5.10 Å². The van der Waals surface area contributed by atoms with Gasteiger partial charge in [0.25, 0.3) is 17.7 Å². The van der Waals surface area contributed by atoms with E-state index in [1.54, 1.807) is 56.5 Å². The summed E-state index contributed by atoms with van der Waals surface area (Å²) in [5, 5.41) is 13.4. The molecule has 0 radical (unpaired) electrons. The number of rotatable bonds is 8. The zero-order valence-corrected chi connectivity index (χ0v) is 27.7. The molecule has 1 unspecified atom stereocenters. The van der Waals surface area contributed by atoms with Crippen LogP contribution in [0.25, 0.3) is 5.69 Å². The summed E-state index contributed by atoms with van der Waals surface area (Å²) < 4.78 is 18.6. The smallest absolute Gasteiger partial charge is 0.278 e. The SMILES string of the molecule is COc1ccc(OC)c(-n2nnc(C(=O)Nc3cc(Oc4cccc5c4C(=O)N(C4CCC(=O)NC4=O)C5=O)cc(C(C)(C)C)c3)c2C)c1. The molecule has 2 aliphatic heterocycles. The van der Waals surface area contributed by atoms with Crippen molar-refractivity contribution in [2.75, 3.05) is 19.5 Å². The van der Waals surface area contributed by atoms with Gasteiger partial charge >= 0.3 is 0 Å². The highest BCUT2D eigenvalue weighted by Crippen LogP contribution is 2.38. The largest absolute Gasteiger partial charge is 0.497 e.